The van der Waals surface area contributed by atoms with Crippen molar-refractivity contribution in [2.75, 3.05) is 7.11 Å². The van der Waals surface area contributed by atoms with Crippen molar-refractivity contribution < 1.29 is 18.9 Å². The zero-order valence-corrected chi connectivity index (χ0v) is 9.42. The van der Waals surface area contributed by atoms with Gasteiger partial charge in [-0.2, -0.15) is 0 Å². The summed E-state index contributed by atoms with van der Waals surface area (Å²) in [6.45, 7) is 0. The Morgan fingerprint density at radius 2 is 2.21 bits per heavy atom. The molecule has 0 aromatic heterocycles. The first-order chi connectivity index (χ1) is 6.61. The number of halogens is 2. The third-order valence-corrected chi connectivity index (χ3v) is 2.49. The number of carboxylic acid groups (broad SMARTS) is 1. The molecule has 4 nitrogen and oxygen atoms in total. The first-order valence-electron chi connectivity index (χ1n) is 3.50. The van der Waals surface area contributed by atoms with Gasteiger partial charge in [0.05, 0.1) is 7.11 Å². The van der Waals surface area contributed by atoms with Crippen LogP contribution in [0.1, 0.15) is 10.4 Å². The van der Waals surface area contributed by atoms with Gasteiger partial charge in [-0.1, -0.05) is 0 Å². The van der Waals surface area contributed by atoms with Crippen LogP contribution in [0.4, 0.5) is 0 Å². The third-order valence-electron chi connectivity index (χ3n) is 1.59. The van der Waals surface area contributed by atoms with Crippen molar-refractivity contribution in [3.05, 3.63) is 22.2 Å². The monoisotopic (exact) mass is 280 g/mol. The van der Waals surface area contributed by atoms with Crippen molar-refractivity contribution >= 4 is 33.8 Å². The maximum absolute atomic E-state index is 10.7. The van der Waals surface area contributed by atoms with Gasteiger partial charge in [0.2, 0.25) is 0 Å². The highest BCUT2D eigenvalue weighted by atomic mass is 79.9. The summed E-state index contributed by atoms with van der Waals surface area (Å²) < 4.78 is 9.76. The summed E-state index contributed by atoms with van der Waals surface area (Å²) in [7, 11) is 1.46. The fraction of sp³-hybridized carbons (Fsp3) is 0.125. The molecule has 0 spiro atoms. The van der Waals surface area contributed by atoms with E-state index in [4.69, 9.17) is 21.7 Å². The SMILES string of the molecule is COc1ccc(C(=O)O)c(OCl)c1Br. The number of aromatic carboxylic acids is 1. The molecule has 0 radical (unpaired) electrons. The number of carboxylic acids is 1. The molecule has 0 atom stereocenters. The number of rotatable bonds is 3. The van der Waals surface area contributed by atoms with E-state index in [9.17, 15) is 4.79 Å². The zero-order chi connectivity index (χ0) is 10.7. The molecule has 0 fully saturated rings. The Morgan fingerprint density at radius 1 is 1.57 bits per heavy atom. The first-order valence-corrected chi connectivity index (χ1v) is 4.60. The first kappa shape index (κ1) is 11.1. The van der Waals surface area contributed by atoms with Crippen LogP contribution >= 0.6 is 27.8 Å². The number of ether oxygens (including phenoxy) is 1. The van der Waals surface area contributed by atoms with Gasteiger partial charge in [0, 0.05) is 0 Å². The number of methoxy groups -OCH3 is 1. The van der Waals surface area contributed by atoms with Crippen LogP contribution in [0.15, 0.2) is 16.6 Å². The lowest BCUT2D eigenvalue weighted by Crippen LogP contribution is -2.00. The van der Waals surface area contributed by atoms with Crippen LogP contribution in [0.5, 0.6) is 11.5 Å². The summed E-state index contributed by atoms with van der Waals surface area (Å²) in [6.07, 6.45) is 0. The van der Waals surface area contributed by atoms with Crippen molar-refractivity contribution in [1.29, 1.82) is 0 Å². The van der Waals surface area contributed by atoms with Gasteiger partial charge in [0.1, 0.15) is 27.7 Å². The number of hydrogen-bond donors (Lipinski definition) is 1. The van der Waals surface area contributed by atoms with E-state index in [1.54, 1.807) is 0 Å². The molecule has 6 heteroatoms. The molecular weight excluding hydrogens is 275 g/mol. The summed E-state index contributed by atoms with van der Waals surface area (Å²) in [4.78, 5) is 10.7. The van der Waals surface area contributed by atoms with Crippen LogP contribution in [0.2, 0.25) is 0 Å². The lowest BCUT2D eigenvalue weighted by atomic mass is 10.2. The Labute approximate surface area is 93.7 Å². The molecule has 0 aliphatic carbocycles. The van der Waals surface area contributed by atoms with Gasteiger partial charge >= 0.3 is 5.97 Å². The Morgan fingerprint density at radius 3 is 2.64 bits per heavy atom. The highest BCUT2D eigenvalue weighted by molar-refractivity contribution is 9.10. The van der Waals surface area contributed by atoms with Gasteiger partial charge in [-0.25, -0.2) is 4.79 Å². The van der Waals surface area contributed by atoms with E-state index in [2.05, 4.69) is 20.2 Å². The normalized spacial score (nSPS) is 9.64. The summed E-state index contributed by atoms with van der Waals surface area (Å²) in [6, 6.07) is 2.86. The quantitative estimate of drug-likeness (QED) is 0.925. The average Bonchev–Trinajstić information content (AvgIpc) is 2.17. The molecule has 1 rings (SSSR count). The van der Waals surface area contributed by atoms with Crippen molar-refractivity contribution in [3.63, 3.8) is 0 Å². The minimum absolute atomic E-state index is 0.0264. The van der Waals surface area contributed by atoms with Crippen LogP contribution in [0, 0.1) is 0 Å². The maximum atomic E-state index is 10.7. The standard InChI is InChI=1S/C8H6BrClO4/c1-13-5-3-2-4(8(11)12)7(14-10)6(5)9/h2-3H,1H3,(H,11,12). The molecule has 1 aromatic carbocycles. The summed E-state index contributed by atoms with van der Waals surface area (Å²) in [5, 5.41) is 8.78. The molecule has 0 unspecified atom stereocenters. The highest BCUT2D eigenvalue weighted by Gasteiger charge is 2.18. The Bertz CT molecular complexity index is 367. The second-order valence-electron chi connectivity index (χ2n) is 2.34. The summed E-state index contributed by atoms with van der Waals surface area (Å²) >= 11 is 8.28. The summed E-state index contributed by atoms with van der Waals surface area (Å²) in [5.74, 6) is -0.645. The molecule has 1 aromatic rings. The van der Waals surface area contributed by atoms with Crippen molar-refractivity contribution in [2.24, 2.45) is 0 Å². The van der Waals surface area contributed by atoms with Gasteiger partial charge in [-0.3, -0.25) is 0 Å². The Hall–Kier alpha value is -0.940. The Balaban J connectivity index is 3.35. The predicted molar refractivity (Wildman–Crippen MR) is 54.1 cm³/mol. The molecule has 0 amide bonds. The van der Waals surface area contributed by atoms with E-state index in [1.165, 1.54) is 19.2 Å². The van der Waals surface area contributed by atoms with Crippen molar-refractivity contribution in [2.45, 2.75) is 0 Å². The van der Waals surface area contributed by atoms with Crippen LogP contribution in [0.3, 0.4) is 0 Å². The van der Waals surface area contributed by atoms with E-state index < -0.39 is 5.97 Å². The minimum atomic E-state index is -1.12. The minimum Gasteiger partial charge on any atom is -0.495 e. The van der Waals surface area contributed by atoms with Gasteiger partial charge < -0.3 is 14.1 Å². The van der Waals surface area contributed by atoms with Crippen molar-refractivity contribution in [3.8, 4) is 11.5 Å². The molecule has 0 heterocycles. The molecule has 76 valence electrons. The van der Waals surface area contributed by atoms with E-state index in [1.807, 2.05) is 0 Å². The molecule has 0 aliphatic rings. The van der Waals surface area contributed by atoms with E-state index in [0.717, 1.165) is 0 Å². The molecule has 0 aliphatic heterocycles. The summed E-state index contributed by atoms with van der Waals surface area (Å²) in [5.41, 5.74) is -0.0346. The lowest BCUT2D eigenvalue weighted by Gasteiger charge is -2.08. The van der Waals surface area contributed by atoms with E-state index in [-0.39, 0.29) is 11.3 Å². The lowest BCUT2D eigenvalue weighted by molar-refractivity contribution is 0.0695. The molecule has 0 saturated carbocycles. The van der Waals surface area contributed by atoms with Gasteiger partial charge in [0.15, 0.2) is 5.75 Å². The van der Waals surface area contributed by atoms with Crippen LogP contribution in [0.25, 0.3) is 0 Å². The van der Waals surface area contributed by atoms with Gasteiger partial charge in [-0.05, 0) is 28.1 Å². The van der Waals surface area contributed by atoms with Crippen LogP contribution in [-0.4, -0.2) is 18.2 Å². The highest BCUT2D eigenvalue weighted by Crippen LogP contribution is 2.37. The van der Waals surface area contributed by atoms with Gasteiger partial charge in [0.25, 0.3) is 0 Å². The number of hydrogen-bond acceptors (Lipinski definition) is 3. The molecule has 0 bridgehead atoms. The molecular formula is C8H6BrClO4. The molecule has 14 heavy (non-hydrogen) atoms. The maximum Gasteiger partial charge on any atom is 0.339 e. The second-order valence-corrected chi connectivity index (χ2v) is 3.29. The smallest absolute Gasteiger partial charge is 0.339 e. The Kier molecular flexibility index (Phi) is 3.60. The number of carbonyl (C=O) groups is 1. The predicted octanol–water partition coefficient (Wildman–Crippen LogP) is 2.69. The van der Waals surface area contributed by atoms with Gasteiger partial charge in [-0.15, -0.1) is 0 Å². The average molecular weight is 281 g/mol. The fourth-order valence-electron chi connectivity index (χ4n) is 0.939. The topological polar surface area (TPSA) is 55.8 Å². The van der Waals surface area contributed by atoms with E-state index in [0.29, 0.717) is 10.2 Å². The van der Waals surface area contributed by atoms with Crippen LogP contribution in [-0.2, 0) is 0 Å². The largest absolute Gasteiger partial charge is 0.495 e. The van der Waals surface area contributed by atoms with Crippen molar-refractivity contribution in [1.82, 2.24) is 0 Å². The second kappa shape index (κ2) is 4.52. The zero-order valence-electron chi connectivity index (χ0n) is 7.08. The number of benzene rings is 1. The van der Waals surface area contributed by atoms with E-state index >= 15 is 0 Å². The van der Waals surface area contributed by atoms with Crippen LogP contribution < -0.4 is 9.03 Å². The fourth-order valence-corrected chi connectivity index (χ4v) is 1.78. The third kappa shape index (κ3) is 1.93. The molecule has 0 saturated heterocycles. The molecule has 1 N–H and O–H groups in total.